The van der Waals surface area contributed by atoms with E-state index in [4.69, 9.17) is 9.72 Å². The predicted octanol–water partition coefficient (Wildman–Crippen LogP) is 3.16. The maximum absolute atomic E-state index is 10.5. The quantitative estimate of drug-likeness (QED) is 0.550. The van der Waals surface area contributed by atoms with Crippen LogP contribution in [0.15, 0.2) is 29.3 Å². The number of aliphatic hydroxyl groups excluding tert-OH is 1. The number of fused-ring (bicyclic) bond motifs is 1. The van der Waals surface area contributed by atoms with Gasteiger partial charge in [0.2, 0.25) is 0 Å². The lowest BCUT2D eigenvalue weighted by atomic mass is 10.0. The van der Waals surface area contributed by atoms with Crippen molar-refractivity contribution in [2.24, 2.45) is 4.99 Å². The molecule has 1 unspecified atom stereocenters. The zero-order chi connectivity index (χ0) is 19.9. The summed E-state index contributed by atoms with van der Waals surface area (Å²) in [5.41, 5.74) is 2.12. The standard InChI is InChI=1S/C21H30N4O2S/c1-4-22-21(23-13-18(26)15-9-11-16(27-3)12-10-15)25(2)14-20-24-17-7-5-6-8-19(17)28-20/h9-12,18,26H,4-8,13-14H2,1-3H3,(H,22,23). The van der Waals surface area contributed by atoms with Gasteiger partial charge < -0.3 is 20.1 Å². The molecule has 7 heteroatoms. The summed E-state index contributed by atoms with van der Waals surface area (Å²) in [6.45, 7) is 3.84. The van der Waals surface area contributed by atoms with Crippen molar-refractivity contribution in [2.75, 3.05) is 27.2 Å². The Balaban J connectivity index is 1.64. The minimum absolute atomic E-state index is 0.299. The Morgan fingerprint density at radius 2 is 2.07 bits per heavy atom. The van der Waals surface area contributed by atoms with E-state index in [1.54, 1.807) is 7.11 Å². The average molecular weight is 403 g/mol. The molecule has 0 aliphatic heterocycles. The fraction of sp³-hybridized carbons (Fsp3) is 0.524. The Labute approximate surface area is 171 Å². The summed E-state index contributed by atoms with van der Waals surface area (Å²) in [4.78, 5) is 13.0. The van der Waals surface area contributed by atoms with Crippen molar-refractivity contribution in [1.29, 1.82) is 0 Å². The average Bonchev–Trinajstić information content (AvgIpc) is 3.13. The van der Waals surface area contributed by atoms with Gasteiger partial charge in [-0.2, -0.15) is 0 Å². The number of aryl methyl sites for hydroxylation is 2. The number of aliphatic hydroxyl groups is 1. The van der Waals surface area contributed by atoms with E-state index in [-0.39, 0.29) is 0 Å². The Hall–Kier alpha value is -2.12. The van der Waals surface area contributed by atoms with Crippen molar-refractivity contribution in [3.8, 4) is 5.75 Å². The third-order valence-electron chi connectivity index (χ3n) is 4.87. The first-order valence-corrected chi connectivity index (χ1v) is 10.7. The molecule has 1 aliphatic carbocycles. The maximum atomic E-state index is 10.5. The van der Waals surface area contributed by atoms with Crippen molar-refractivity contribution >= 4 is 17.3 Å². The van der Waals surface area contributed by atoms with E-state index in [2.05, 4.69) is 15.2 Å². The van der Waals surface area contributed by atoms with E-state index in [1.807, 2.05) is 49.6 Å². The Bertz CT molecular complexity index is 765. The molecular weight excluding hydrogens is 372 g/mol. The SMILES string of the molecule is CCNC(=NCC(O)c1ccc(OC)cc1)N(C)Cc1nc2c(s1)CCCC2. The van der Waals surface area contributed by atoms with E-state index in [9.17, 15) is 5.11 Å². The van der Waals surface area contributed by atoms with Gasteiger partial charge in [-0.3, -0.25) is 4.99 Å². The summed E-state index contributed by atoms with van der Waals surface area (Å²) >= 11 is 1.83. The topological polar surface area (TPSA) is 70.0 Å². The highest BCUT2D eigenvalue weighted by atomic mass is 32.1. The molecule has 3 rings (SSSR count). The molecule has 1 heterocycles. The van der Waals surface area contributed by atoms with Gasteiger partial charge in [-0.15, -0.1) is 11.3 Å². The smallest absolute Gasteiger partial charge is 0.194 e. The molecule has 6 nitrogen and oxygen atoms in total. The van der Waals surface area contributed by atoms with Gasteiger partial charge in [-0.1, -0.05) is 12.1 Å². The number of aliphatic imine (C=N–C) groups is 1. The molecule has 1 aliphatic rings. The molecule has 152 valence electrons. The van der Waals surface area contributed by atoms with E-state index >= 15 is 0 Å². The van der Waals surface area contributed by atoms with Gasteiger partial charge in [-0.25, -0.2) is 4.98 Å². The zero-order valence-electron chi connectivity index (χ0n) is 16.9. The predicted molar refractivity (Wildman–Crippen MR) is 114 cm³/mol. The van der Waals surface area contributed by atoms with Gasteiger partial charge in [0.05, 0.1) is 32.0 Å². The lowest BCUT2D eigenvalue weighted by Crippen LogP contribution is -2.38. The summed E-state index contributed by atoms with van der Waals surface area (Å²) in [7, 11) is 3.65. The van der Waals surface area contributed by atoms with Crippen LogP contribution in [0.3, 0.4) is 0 Å². The molecule has 2 aromatic rings. The number of hydrogen-bond donors (Lipinski definition) is 2. The van der Waals surface area contributed by atoms with Gasteiger partial charge >= 0.3 is 0 Å². The van der Waals surface area contributed by atoms with Gasteiger partial charge in [0, 0.05) is 18.5 Å². The third-order valence-corrected chi connectivity index (χ3v) is 6.02. The second-order valence-electron chi connectivity index (χ2n) is 7.02. The van der Waals surface area contributed by atoms with E-state index in [0.29, 0.717) is 6.54 Å². The first kappa shape index (κ1) is 20.6. The lowest BCUT2D eigenvalue weighted by molar-refractivity contribution is 0.186. The third kappa shape index (κ3) is 5.23. The molecule has 1 aromatic carbocycles. The molecule has 2 N–H and O–H groups in total. The Morgan fingerprint density at radius 1 is 1.32 bits per heavy atom. The number of rotatable bonds is 7. The number of nitrogens with one attached hydrogen (secondary N) is 1. The molecule has 1 atom stereocenters. The number of benzene rings is 1. The second kappa shape index (κ2) is 9.89. The van der Waals surface area contributed by atoms with Crippen LogP contribution < -0.4 is 10.1 Å². The van der Waals surface area contributed by atoms with Crippen molar-refractivity contribution < 1.29 is 9.84 Å². The highest BCUT2D eigenvalue weighted by Crippen LogP contribution is 2.27. The molecule has 0 saturated carbocycles. The molecule has 0 spiro atoms. The zero-order valence-corrected chi connectivity index (χ0v) is 17.8. The van der Waals surface area contributed by atoms with Crippen molar-refractivity contribution in [3.05, 3.63) is 45.4 Å². The number of guanidine groups is 1. The van der Waals surface area contributed by atoms with Crippen LogP contribution in [0.25, 0.3) is 0 Å². The van der Waals surface area contributed by atoms with Crippen LogP contribution in [-0.2, 0) is 19.4 Å². The van der Waals surface area contributed by atoms with Crippen LogP contribution in [-0.4, -0.2) is 48.2 Å². The molecule has 28 heavy (non-hydrogen) atoms. The number of nitrogens with zero attached hydrogens (tertiary/aromatic N) is 3. The molecular formula is C21H30N4O2S. The van der Waals surface area contributed by atoms with Crippen LogP contribution in [0.2, 0.25) is 0 Å². The van der Waals surface area contributed by atoms with Crippen LogP contribution in [0.5, 0.6) is 5.75 Å². The number of thiazole rings is 1. The Morgan fingerprint density at radius 3 is 2.75 bits per heavy atom. The summed E-state index contributed by atoms with van der Waals surface area (Å²) in [6.07, 6.45) is 4.15. The molecule has 0 radical (unpaired) electrons. The second-order valence-corrected chi connectivity index (χ2v) is 8.19. The number of hydrogen-bond acceptors (Lipinski definition) is 5. The van der Waals surface area contributed by atoms with Crippen molar-refractivity contribution in [2.45, 2.75) is 45.3 Å². The largest absolute Gasteiger partial charge is 0.497 e. The number of methoxy groups -OCH3 is 1. The van der Waals surface area contributed by atoms with Crippen LogP contribution in [0.1, 0.15) is 47.0 Å². The molecule has 0 fully saturated rings. The fourth-order valence-corrected chi connectivity index (χ4v) is 4.54. The van der Waals surface area contributed by atoms with Crippen molar-refractivity contribution in [3.63, 3.8) is 0 Å². The van der Waals surface area contributed by atoms with Crippen molar-refractivity contribution in [1.82, 2.24) is 15.2 Å². The van der Waals surface area contributed by atoms with Crippen LogP contribution in [0.4, 0.5) is 0 Å². The first-order chi connectivity index (χ1) is 13.6. The summed E-state index contributed by atoms with van der Waals surface area (Å²) in [5, 5.41) is 14.9. The van der Waals surface area contributed by atoms with Gasteiger partial charge in [0.25, 0.3) is 0 Å². The van der Waals surface area contributed by atoms with Crippen LogP contribution >= 0.6 is 11.3 Å². The molecule has 0 saturated heterocycles. The minimum Gasteiger partial charge on any atom is -0.497 e. The van der Waals surface area contributed by atoms with Gasteiger partial charge in [-0.05, 0) is 50.3 Å². The highest BCUT2D eigenvalue weighted by Gasteiger charge is 2.17. The fourth-order valence-electron chi connectivity index (χ4n) is 3.32. The van der Waals surface area contributed by atoms with E-state index in [0.717, 1.165) is 41.8 Å². The summed E-state index contributed by atoms with van der Waals surface area (Å²) in [6, 6.07) is 7.44. The molecule has 0 bridgehead atoms. The number of ether oxygens (including phenoxy) is 1. The molecule has 0 amide bonds. The van der Waals surface area contributed by atoms with Gasteiger partial charge in [0.15, 0.2) is 5.96 Å². The number of aromatic nitrogens is 1. The normalized spacial score (nSPS) is 15.1. The van der Waals surface area contributed by atoms with E-state index in [1.165, 1.54) is 29.8 Å². The Kier molecular flexibility index (Phi) is 7.28. The maximum Gasteiger partial charge on any atom is 0.194 e. The van der Waals surface area contributed by atoms with Gasteiger partial charge in [0.1, 0.15) is 10.8 Å². The summed E-state index contributed by atoms with van der Waals surface area (Å²) < 4.78 is 5.17. The molecule has 1 aromatic heterocycles. The van der Waals surface area contributed by atoms with Crippen LogP contribution in [0, 0.1) is 0 Å². The monoisotopic (exact) mass is 402 g/mol. The van der Waals surface area contributed by atoms with E-state index < -0.39 is 6.10 Å². The first-order valence-electron chi connectivity index (χ1n) is 9.89. The minimum atomic E-state index is -0.653. The lowest BCUT2D eigenvalue weighted by Gasteiger charge is -2.21. The summed E-state index contributed by atoms with van der Waals surface area (Å²) in [5.74, 6) is 1.56. The highest BCUT2D eigenvalue weighted by molar-refractivity contribution is 7.11.